The largest absolute Gasteiger partial charge is 0.503 e. The first-order chi connectivity index (χ1) is 19.0. The van der Waals surface area contributed by atoms with Crippen molar-refractivity contribution in [1.29, 1.82) is 0 Å². The standard InChI is InChI=1S/C28H24FN3O4S3/c1-2-3-13-36-20-7-4-6-18(15-20)23-22(24(33)21-8-5-14-37-21)25(34)26(35)32(23)27-30-31-28(39-27)38-16-17-9-11-19(29)12-10-17/h4-12,14-15,23,34H,2-3,13,16H2,1H3. The molecule has 1 aliphatic rings. The number of thiophene rings is 1. The average molecular weight is 582 g/mol. The Kier molecular flexibility index (Phi) is 8.39. The Hall–Kier alpha value is -3.54. The summed E-state index contributed by atoms with van der Waals surface area (Å²) in [6.45, 7) is 2.62. The van der Waals surface area contributed by atoms with E-state index in [1.807, 2.05) is 6.07 Å². The number of ketones is 1. The highest BCUT2D eigenvalue weighted by atomic mass is 32.2. The van der Waals surface area contributed by atoms with Gasteiger partial charge in [-0.3, -0.25) is 14.5 Å². The highest BCUT2D eigenvalue weighted by molar-refractivity contribution is 8.00. The summed E-state index contributed by atoms with van der Waals surface area (Å²) in [7, 11) is 0. The molecule has 1 unspecified atom stereocenters. The summed E-state index contributed by atoms with van der Waals surface area (Å²) in [6.07, 6.45) is 1.88. The lowest BCUT2D eigenvalue weighted by Crippen LogP contribution is -2.31. The lowest BCUT2D eigenvalue weighted by atomic mass is 9.95. The van der Waals surface area contributed by atoms with E-state index >= 15 is 0 Å². The third-order valence-electron chi connectivity index (χ3n) is 6.02. The quantitative estimate of drug-likeness (QED) is 0.0883. The third-order valence-corrected chi connectivity index (χ3v) is 9.01. The molecule has 0 fully saturated rings. The molecule has 0 saturated carbocycles. The number of benzene rings is 2. The van der Waals surface area contributed by atoms with Gasteiger partial charge in [-0.1, -0.05) is 66.8 Å². The van der Waals surface area contributed by atoms with Gasteiger partial charge in [-0.15, -0.1) is 21.5 Å². The van der Waals surface area contributed by atoms with Crippen molar-refractivity contribution >= 4 is 51.3 Å². The van der Waals surface area contributed by atoms with Gasteiger partial charge in [0.1, 0.15) is 11.6 Å². The minimum absolute atomic E-state index is 0.0103. The number of unbranched alkanes of at least 4 members (excludes halogenated alkanes) is 1. The van der Waals surface area contributed by atoms with Crippen LogP contribution in [0.5, 0.6) is 5.75 Å². The number of hydrogen-bond donors (Lipinski definition) is 1. The van der Waals surface area contributed by atoms with Gasteiger partial charge < -0.3 is 9.84 Å². The highest BCUT2D eigenvalue weighted by Gasteiger charge is 2.46. The minimum atomic E-state index is -0.912. The van der Waals surface area contributed by atoms with Crippen LogP contribution in [0.1, 0.15) is 46.6 Å². The monoisotopic (exact) mass is 581 g/mol. The number of ether oxygens (including phenoxy) is 1. The minimum Gasteiger partial charge on any atom is -0.503 e. The molecular formula is C28H24FN3O4S3. The molecule has 3 heterocycles. The summed E-state index contributed by atoms with van der Waals surface area (Å²) >= 11 is 3.82. The zero-order chi connectivity index (χ0) is 27.4. The number of rotatable bonds is 11. The van der Waals surface area contributed by atoms with Gasteiger partial charge in [-0.05, 0) is 53.3 Å². The molecule has 4 aromatic rings. The Morgan fingerprint density at radius 1 is 1.15 bits per heavy atom. The number of aliphatic hydroxyl groups excluding tert-OH is 1. The second-order valence-corrected chi connectivity index (χ2v) is 11.8. The predicted octanol–water partition coefficient (Wildman–Crippen LogP) is 6.99. The maximum absolute atomic E-state index is 13.5. The summed E-state index contributed by atoms with van der Waals surface area (Å²) in [5.74, 6) is -0.906. The van der Waals surface area contributed by atoms with E-state index in [-0.39, 0.29) is 16.5 Å². The maximum Gasteiger partial charge on any atom is 0.296 e. The fourth-order valence-corrected chi connectivity index (χ4v) is 6.58. The van der Waals surface area contributed by atoms with Crippen molar-refractivity contribution in [1.82, 2.24) is 10.2 Å². The molecule has 11 heteroatoms. The number of halogens is 1. The summed E-state index contributed by atoms with van der Waals surface area (Å²) < 4.78 is 19.7. The number of aliphatic hydroxyl groups is 1. The van der Waals surface area contributed by atoms with Crippen LogP contribution in [0, 0.1) is 5.82 Å². The van der Waals surface area contributed by atoms with Crippen LogP contribution in [-0.4, -0.2) is 33.6 Å². The zero-order valence-electron chi connectivity index (χ0n) is 20.9. The van der Waals surface area contributed by atoms with Gasteiger partial charge >= 0.3 is 0 Å². The molecule has 2 aromatic heterocycles. The highest BCUT2D eigenvalue weighted by Crippen LogP contribution is 2.44. The number of carbonyl (C=O) groups is 2. The average Bonchev–Trinajstić information content (AvgIpc) is 3.69. The first kappa shape index (κ1) is 27.0. The van der Waals surface area contributed by atoms with Crippen LogP contribution in [0.25, 0.3) is 0 Å². The van der Waals surface area contributed by atoms with Crippen molar-refractivity contribution in [3.8, 4) is 5.75 Å². The summed E-state index contributed by atoms with van der Waals surface area (Å²) in [6, 6.07) is 15.9. The fraction of sp³-hybridized carbons (Fsp3) is 0.214. The van der Waals surface area contributed by atoms with Gasteiger partial charge in [0.15, 0.2) is 10.1 Å². The number of thioether (sulfide) groups is 1. The Morgan fingerprint density at radius 2 is 1.97 bits per heavy atom. The van der Waals surface area contributed by atoms with E-state index in [4.69, 9.17) is 4.74 Å². The molecular weight excluding hydrogens is 558 g/mol. The molecule has 1 N–H and O–H groups in total. The number of aromatic nitrogens is 2. The summed E-state index contributed by atoms with van der Waals surface area (Å²) in [5, 5.41) is 21.5. The molecule has 5 rings (SSSR count). The second kappa shape index (κ2) is 12.1. The lowest BCUT2D eigenvalue weighted by molar-refractivity contribution is -0.117. The predicted molar refractivity (Wildman–Crippen MR) is 151 cm³/mol. The third kappa shape index (κ3) is 5.90. The van der Waals surface area contributed by atoms with Crippen LogP contribution in [-0.2, 0) is 10.5 Å². The topological polar surface area (TPSA) is 92.6 Å². The molecule has 0 aliphatic carbocycles. The van der Waals surface area contributed by atoms with E-state index in [2.05, 4.69) is 17.1 Å². The van der Waals surface area contributed by atoms with E-state index in [1.54, 1.807) is 47.8 Å². The molecule has 0 saturated heterocycles. The summed E-state index contributed by atoms with van der Waals surface area (Å²) in [4.78, 5) is 28.7. The molecule has 0 spiro atoms. The number of anilines is 1. The number of hydrogen-bond acceptors (Lipinski definition) is 9. The van der Waals surface area contributed by atoms with E-state index in [9.17, 15) is 19.1 Å². The van der Waals surface area contributed by atoms with Gasteiger partial charge in [0.25, 0.3) is 5.91 Å². The van der Waals surface area contributed by atoms with Crippen molar-refractivity contribution in [2.45, 2.75) is 35.9 Å². The van der Waals surface area contributed by atoms with Gasteiger partial charge in [-0.25, -0.2) is 4.39 Å². The first-order valence-corrected chi connectivity index (χ1v) is 14.9. The van der Waals surface area contributed by atoms with Crippen molar-refractivity contribution in [2.75, 3.05) is 11.5 Å². The number of nitrogens with zero attached hydrogens (tertiary/aromatic N) is 3. The molecule has 0 radical (unpaired) electrons. The number of carbonyl (C=O) groups excluding carboxylic acids is 2. The van der Waals surface area contributed by atoms with Gasteiger partial charge in [0, 0.05) is 5.75 Å². The van der Waals surface area contributed by atoms with E-state index in [0.29, 0.717) is 32.9 Å². The Morgan fingerprint density at radius 3 is 2.72 bits per heavy atom. The van der Waals surface area contributed by atoms with Crippen LogP contribution in [0.15, 0.2) is 81.7 Å². The van der Waals surface area contributed by atoms with Crippen LogP contribution >= 0.6 is 34.4 Å². The van der Waals surface area contributed by atoms with Crippen LogP contribution in [0.2, 0.25) is 0 Å². The van der Waals surface area contributed by atoms with Crippen LogP contribution < -0.4 is 9.64 Å². The Balaban J connectivity index is 1.47. The number of Topliss-reactive ketones (excluding diaryl/α,β-unsaturated/α-hetero) is 1. The maximum atomic E-state index is 13.5. The SMILES string of the molecule is CCCCOc1cccc(C2C(C(=O)c3cccs3)=C(O)C(=O)N2c2nnc(SCc3ccc(F)cc3)s2)c1. The smallest absolute Gasteiger partial charge is 0.296 e. The van der Waals surface area contributed by atoms with Gasteiger partial charge in [0.2, 0.25) is 10.9 Å². The molecule has 0 bridgehead atoms. The zero-order valence-corrected chi connectivity index (χ0v) is 23.3. The Bertz CT molecular complexity index is 1500. The van der Waals surface area contributed by atoms with Gasteiger partial charge in [0.05, 0.1) is 23.1 Å². The molecule has 39 heavy (non-hydrogen) atoms. The van der Waals surface area contributed by atoms with Crippen molar-refractivity contribution in [3.05, 3.63) is 99.2 Å². The molecule has 1 atom stereocenters. The molecule has 7 nitrogen and oxygen atoms in total. The number of amides is 1. The molecule has 200 valence electrons. The van der Waals surface area contributed by atoms with E-state index in [0.717, 1.165) is 18.4 Å². The Labute approximate surface area is 237 Å². The van der Waals surface area contributed by atoms with Gasteiger partial charge in [-0.2, -0.15) is 0 Å². The van der Waals surface area contributed by atoms with Crippen molar-refractivity contribution < 1.29 is 23.8 Å². The summed E-state index contributed by atoms with van der Waals surface area (Å²) in [5.41, 5.74) is 1.51. The second-order valence-electron chi connectivity index (χ2n) is 8.69. The van der Waals surface area contributed by atoms with Crippen LogP contribution in [0.3, 0.4) is 0 Å². The molecule has 2 aromatic carbocycles. The van der Waals surface area contributed by atoms with E-state index in [1.165, 1.54) is 51.5 Å². The normalized spacial score (nSPS) is 15.3. The molecule has 1 amide bonds. The van der Waals surface area contributed by atoms with Crippen LogP contribution in [0.4, 0.5) is 9.52 Å². The van der Waals surface area contributed by atoms with Crippen molar-refractivity contribution in [2.24, 2.45) is 0 Å². The first-order valence-electron chi connectivity index (χ1n) is 12.2. The fourth-order valence-electron chi connectivity index (χ4n) is 4.08. The van der Waals surface area contributed by atoms with Crippen molar-refractivity contribution in [3.63, 3.8) is 0 Å². The van der Waals surface area contributed by atoms with E-state index < -0.39 is 23.5 Å². The lowest BCUT2D eigenvalue weighted by Gasteiger charge is -2.24. The molecule has 1 aliphatic heterocycles.